The molecular formula is C19H21N3O6S. The van der Waals surface area contributed by atoms with Crippen molar-refractivity contribution in [2.24, 2.45) is 10.2 Å². The predicted molar refractivity (Wildman–Crippen MR) is 106 cm³/mol. The lowest BCUT2D eigenvalue weighted by Crippen LogP contribution is -2.22. The summed E-state index contributed by atoms with van der Waals surface area (Å²) in [4.78, 5) is 10.7. The lowest BCUT2D eigenvalue weighted by Gasteiger charge is -2.07. The average molecular weight is 419 g/mol. The van der Waals surface area contributed by atoms with Gasteiger partial charge in [0.05, 0.1) is 17.2 Å². The van der Waals surface area contributed by atoms with Crippen LogP contribution in [0.1, 0.15) is 12.8 Å². The zero-order valence-electron chi connectivity index (χ0n) is 15.5. The van der Waals surface area contributed by atoms with E-state index in [1.165, 1.54) is 42.5 Å². The largest absolute Gasteiger partial charge is 0.505 e. The number of benzene rings is 2. The summed E-state index contributed by atoms with van der Waals surface area (Å²) in [6, 6.07) is 9.72. The van der Waals surface area contributed by atoms with Crippen LogP contribution < -0.4 is 10.1 Å². The third kappa shape index (κ3) is 7.35. The molecular weight excluding hydrogens is 398 g/mol. The number of amides is 1. The van der Waals surface area contributed by atoms with Crippen LogP contribution >= 0.6 is 0 Å². The number of ether oxygens (including phenoxy) is 1. The molecule has 0 saturated carbocycles. The van der Waals surface area contributed by atoms with Gasteiger partial charge in [-0.25, -0.2) is 0 Å². The van der Waals surface area contributed by atoms with E-state index >= 15 is 0 Å². The highest BCUT2D eigenvalue weighted by molar-refractivity contribution is 7.85. The van der Waals surface area contributed by atoms with Gasteiger partial charge >= 0.3 is 0 Å². The molecule has 0 aliphatic carbocycles. The summed E-state index contributed by atoms with van der Waals surface area (Å²) in [5.41, 5.74) is 0.559. The number of carbonyl (C=O) groups excluding carboxylic acids is 1. The molecule has 29 heavy (non-hydrogen) atoms. The number of phenols is 1. The maximum absolute atomic E-state index is 11.0. The first kappa shape index (κ1) is 22.1. The molecule has 2 aromatic rings. The highest BCUT2D eigenvalue weighted by Crippen LogP contribution is 2.32. The summed E-state index contributed by atoms with van der Waals surface area (Å²) < 4.78 is 36.5. The molecule has 0 unspecified atom stereocenters. The fourth-order valence-corrected chi connectivity index (χ4v) is 2.65. The number of nitrogens with zero attached hydrogens (tertiary/aromatic N) is 2. The van der Waals surface area contributed by atoms with Crippen LogP contribution in [0.25, 0.3) is 0 Å². The van der Waals surface area contributed by atoms with Crippen molar-refractivity contribution in [1.82, 2.24) is 5.32 Å². The van der Waals surface area contributed by atoms with Gasteiger partial charge in [-0.05, 0) is 55.3 Å². The van der Waals surface area contributed by atoms with Crippen LogP contribution in [0.4, 0.5) is 11.4 Å². The van der Waals surface area contributed by atoms with Crippen molar-refractivity contribution in [3.05, 3.63) is 55.1 Å². The van der Waals surface area contributed by atoms with Crippen LogP contribution in [0.15, 0.2) is 70.2 Å². The Morgan fingerprint density at radius 3 is 2.48 bits per heavy atom. The minimum absolute atomic E-state index is 0.126. The smallest absolute Gasteiger partial charge is 0.294 e. The quantitative estimate of drug-likeness (QED) is 0.233. The third-order valence-corrected chi connectivity index (χ3v) is 4.55. The number of rotatable bonds is 10. The molecule has 2 aromatic carbocycles. The summed E-state index contributed by atoms with van der Waals surface area (Å²) in [5.74, 6) is 0.128. The van der Waals surface area contributed by atoms with Crippen molar-refractivity contribution in [2.75, 3.05) is 13.2 Å². The van der Waals surface area contributed by atoms with Crippen molar-refractivity contribution >= 4 is 27.4 Å². The summed E-state index contributed by atoms with van der Waals surface area (Å²) in [6.45, 7) is 4.32. The molecule has 1 amide bonds. The predicted octanol–water partition coefficient (Wildman–Crippen LogP) is 3.52. The molecule has 0 spiro atoms. The average Bonchev–Trinajstić information content (AvgIpc) is 2.69. The fourth-order valence-electron chi connectivity index (χ4n) is 2.17. The molecule has 154 valence electrons. The number of unbranched alkanes of at least 4 members (excludes halogenated alkanes) is 1. The molecule has 0 saturated heterocycles. The van der Waals surface area contributed by atoms with E-state index in [4.69, 9.17) is 9.29 Å². The van der Waals surface area contributed by atoms with E-state index < -0.39 is 10.1 Å². The van der Waals surface area contributed by atoms with Crippen LogP contribution in [0.2, 0.25) is 0 Å². The van der Waals surface area contributed by atoms with Gasteiger partial charge in [0, 0.05) is 12.6 Å². The third-order valence-electron chi connectivity index (χ3n) is 3.68. The van der Waals surface area contributed by atoms with Gasteiger partial charge in [-0.15, -0.1) is 5.11 Å². The van der Waals surface area contributed by atoms with Gasteiger partial charge in [-0.3, -0.25) is 9.35 Å². The number of azo groups is 1. The van der Waals surface area contributed by atoms with Crippen LogP contribution in [0.3, 0.4) is 0 Å². The molecule has 3 N–H and O–H groups in total. The minimum atomic E-state index is -4.27. The number of hydrogen-bond acceptors (Lipinski definition) is 7. The Morgan fingerprint density at radius 1 is 1.14 bits per heavy atom. The molecule has 0 fully saturated rings. The maximum atomic E-state index is 11.0. The fraction of sp³-hybridized carbons (Fsp3) is 0.211. The van der Waals surface area contributed by atoms with Crippen molar-refractivity contribution in [2.45, 2.75) is 17.7 Å². The number of aromatic hydroxyl groups is 1. The Labute approximate surface area is 168 Å². The highest BCUT2D eigenvalue weighted by atomic mass is 32.2. The summed E-state index contributed by atoms with van der Waals surface area (Å²) in [6.07, 6.45) is 2.68. The number of nitrogens with one attached hydrogen (secondary N) is 1. The molecule has 0 aliphatic rings. The first-order valence-corrected chi connectivity index (χ1v) is 10.1. The SMILES string of the molecule is C=CC(=O)NCCCCOc1ccc(N=Nc2ccc(S(=O)(=O)O)cc2)c(O)c1. The second kappa shape index (κ2) is 10.3. The number of hydrogen-bond donors (Lipinski definition) is 3. The minimum Gasteiger partial charge on any atom is -0.505 e. The van der Waals surface area contributed by atoms with Gasteiger partial charge in [-0.2, -0.15) is 13.5 Å². The molecule has 0 bridgehead atoms. The summed E-state index contributed by atoms with van der Waals surface area (Å²) in [7, 11) is -4.27. The lowest BCUT2D eigenvalue weighted by molar-refractivity contribution is -0.116. The Morgan fingerprint density at radius 2 is 1.86 bits per heavy atom. The number of carbonyl (C=O) groups is 1. The zero-order valence-corrected chi connectivity index (χ0v) is 16.3. The molecule has 9 nitrogen and oxygen atoms in total. The monoisotopic (exact) mass is 419 g/mol. The van der Waals surface area contributed by atoms with Crippen LogP contribution in [0.5, 0.6) is 11.5 Å². The maximum Gasteiger partial charge on any atom is 0.294 e. The molecule has 0 aromatic heterocycles. The normalized spacial score (nSPS) is 11.3. The van der Waals surface area contributed by atoms with Gasteiger partial charge in [0.15, 0.2) is 0 Å². The van der Waals surface area contributed by atoms with Crippen LogP contribution in [0, 0.1) is 0 Å². The van der Waals surface area contributed by atoms with E-state index in [0.717, 1.165) is 12.8 Å². The van der Waals surface area contributed by atoms with Gasteiger partial charge in [0.1, 0.15) is 17.2 Å². The first-order valence-electron chi connectivity index (χ1n) is 8.65. The van der Waals surface area contributed by atoms with Gasteiger partial charge in [-0.1, -0.05) is 6.58 Å². The Hall–Kier alpha value is -3.24. The van der Waals surface area contributed by atoms with E-state index in [1.807, 2.05) is 0 Å². The van der Waals surface area contributed by atoms with Crippen LogP contribution in [-0.2, 0) is 14.9 Å². The van der Waals surface area contributed by atoms with E-state index in [2.05, 4.69) is 22.1 Å². The second-order valence-corrected chi connectivity index (χ2v) is 7.29. The standard InChI is InChI=1S/C19H21N3O6S/c1-2-19(24)20-11-3-4-12-28-15-7-10-17(18(23)13-15)22-21-14-5-8-16(9-6-14)29(25,26)27/h2,5-10,13,23H,1,3-4,11-12H2,(H,20,24)(H,25,26,27). The van der Waals surface area contributed by atoms with E-state index in [0.29, 0.717) is 24.6 Å². The summed E-state index contributed by atoms with van der Waals surface area (Å²) in [5, 5.41) is 20.5. The molecule has 0 aliphatic heterocycles. The van der Waals surface area contributed by atoms with E-state index in [-0.39, 0.29) is 22.2 Å². The van der Waals surface area contributed by atoms with Crippen molar-refractivity contribution in [1.29, 1.82) is 0 Å². The van der Waals surface area contributed by atoms with Crippen molar-refractivity contribution in [3.63, 3.8) is 0 Å². The Bertz CT molecular complexity index is 988. The zero-order chi connectivity index (χ0) is 21.3. The van der Waals surface area contributed by atoms with E-state index in [9.17, 15) is 18.3 Å². The Balaban J connectivity index is 1.86. The van der Waals surface area contributed by atoms with Gasteiger partial charge in [0.25, 0.3) is 10.1 Å². The second-order valence-electron chi connectivity index (χ2n) is 5.87. The molecule has 0 heterocycles. The molecule has 2 rings (SSSR count). The lowest BCUT2D eigenvalue weighted by atomic mass is 10.3. The van der Waals surface area contributed by atoms with E-state index in [1.54, 1.807) is 6.07 Å². The Kier molecular flexibility index (Phi) is 7.87. The molecule has 0 atom stereocenters. The molecule has 0 radical (unpaired) electrons. The van der Waals surface area contributed by atoms with Crippen molar-refractivity contribution in [3.8, 4) is 11.5 Å². The summed E-state index contributed by atoms with van der Waals surface area (Å²) >= 11 is 0. The van der Waals surface area contributed by atoms with Gasteiger partial charge in [0.2, 0.25) is 5.91 Å². The van der Waals surface area contributed by atoms with Crippen LogP contribution in [-0.4, -0.2) is 37.1 Å². The first-order chi connectivity index (χ1) is 13.8. The number of phenolic OH excluding ortho intramolecular Hbond substituents is 1. The highest BCUT2D eigenvalue weighted by Gasteiger charge is 2.08. The van der Waals surface area contributed by atoms with Gasteiger partial charge < -0.3 is 15.2 Å². The topological polar surface area (TPSA) is 138 Å². The van der Waals surface area contributed by atoms with Crippen molar-refractivity contribution < 1.29 is 27.6 Å². The molecule has 10 heteroatoms.